The summed E-state index contributed by atoms with van der Waals surface area (Å²) in [6.45, 7) is 0. The average molecular weight is 179 g/mol. The van der Waals surface area contributed by atoms with Crippen molar-refractivity contribution in [1.29, 1.82) is 0 Å². The molecule has 11 heavy (non-hydrogen) atoms. The minimum Gasteiger partial charge on any atom is -0.381 e. The van der Waals surface area contributed by atoms with Gasteiger partial charge in [0.15, 0.2) is 0 Å². The molecule has 2 N–H and O–H groups in total. The van der Waals surface area contributed by atoms with Crippen LogP contribution in [0.15, 0.2) is 0 Å². The first-order chi connectivity index (χ1) is 5.01. The van der Waals surface area contributed by atoms with Crippen LogP contribution in [0, 0.1) is 5.92 Å². The maximum absolute atomic E-state index is 10.6. The second-order valence-corrected chi connectivity index (χ2v) is 4.68. The van der Waals surface area contributed by atoms with E-state index in [1.165, 1.54) is 0 Å². The summed E-state index contributed by atoms with van der Waals surface area (Å²) in [6, 6.07) is 0. The van der Waals surface area contributed by atoms with Gasteiger partial charge in [-0.05, 0) is 18.8 Å². The monoisotopic (exact) mass is 179 g/mol. The lowest BCUT2D eigenvalue weighted by molar-refractivity contribution is 0.00857. The first kappa shape index (κ1) is 8.96. The molecule has 66 valence electrons. The molecule has 0 unspecified atom stereocenters. The maximum Gasteiger partial charge on any atom is 0.209 e. The molecule has 0 amide bonds. The normalized spacial score (nSPS) is 31.5. The molecule has 1 rings (SSSR count). The number of hydrogen-bond acceptors (Lipinski definition) is 3. The fourth-order valence-corrected chi connectivity index (χ4v) is 2.26. The Morgan fingerprint density at radius 3 is 2.45 bits per heavy atom. The summed E-state index contributed by atoms with van der Waals surface area (Å²) in [4.78, 5) is 0. The number of methoxy groups -OCH3 is 1. The lowest BCUT2D eigenvalue weighted by Crippen LogP contribution is -2.36. The quantitative estimate of drug-likeness (QED) is 0.646. The van der Waals surface area contributed by atoms with E-state index in [2.05, 4.69) is 0 Å². The highest BCUT2D eigenvalue weighted by molar-refractivity contribution is 7.89. The van der Waals surface area contributed by atoms with E-state index in [1.54, 1.807) is 7.11 Å². The summed E-state index contributed by atoms with van der Waals surface area (Å²) in [7, 11) is -1.63. The van der Waals surface area contributed by atoms with E-state index >= 15 is 0 Å². The molecule has 0 spiro atoms. The maximum atomic E-state index is 10.6. The van der Waals surface area contributed by atoms with Crippen LogP contribution in [0.3, 0.4) is 0 Å². The molecule has 1 fully saturated rings. The minimum absolute atomic E-state index is 0.104. The van der Waals surface area contributed by atoms with Gasteiger partial charge in [0.05, 0.1) is 11.9 Å². The van der Waals surface area contributed by atoms with Gasteiger partial charge in [0.1, 0.15) is 0 Å². The van der Waals surface area contributed by atoms with Crippen molar-refractivity contribution in [3.8, 4) is 0 Å². The summed E-state index contributed by atoms with van der Waals surface area (Å²) in [5, 5.41) is 4.86. The molecule has 0 aromatic rings. The smallest absolute Gasteiger partial charge is 0.209 e. The van der Waals surface area contributed by atoms with Gasteiger partial charge in [-0.3, -0.25) is 0 Å². The summed E-state index contributed by atoms with van der Waals surface area (Å²) in [5.41, 5.74) is 0. The molecule has 0 radical (unpaired) electrons. The van der Waals surface area contributed by atoms with Gasteiger partial charge in [0, 0.05) is 7.11 Å². The summed E-state index contributed by atoms with van der Waals surface area (Å²) in [5.74, 6) is 0.322. The highest BCUT2D eigenvalue weighted by Gasteiger charge is 2.31. The Labute approximate surface area is 66.8 Å². The van der Waals surface area contributed by atoms with Crippen molar-refractivity contribution in [2.45, 2.75) is 18.9 Å². The van der Waals surface area contributed by atoms with Gasteiger partial charge in [0.2, 0.25) is 10.0 Å². The van der Waals surface area contributed by atoms with Gasteiger partial charge in [-0.25, -0.2) is 13.6 Å². The third kappa shape index (κ3) is 2.76. The molecule has 0 heterocycles. The van der Waals surface area contributed by atoms with Crippen molar-refractivity contribution in [1.82, 2.24) is 0 Å². The number of primary sulfonamides is 1. The largest absolute Gasteiger partial charge is 0.381 e. The molecule has 0 aromatic heterocycles. The van der Waals surface area contributed by atoms with Crippen molar-refractivity contribution in [3.63, 3.8) is 0 Å². The van der Waals surface area contributed by atoms with Gasteiger partial charge in [-0.15, -0.1) is 0 Å². The second kappa shape index (κ2) is 3.08. The predicted octanol–water partition coefficient (Wildman–Crippen LogP) is -0.300. The second-order valence-electron chi connectivity index (χ2n) is 3.02. The third-order valence-corrected chi connectivity index (χ3v) is 2.93. The summed E-state index contributed by atoms with van der Waals surface area (Å²) < 4.78 is 26.1. The van der Waals surface area contributed by atoms with Crippen molar-refractivity contribution < 1.29 is 13.2 Å². The third-order valence-electron chi connectivity index (χ3n) is 1.99. The molecular weight excluding hydrogens is 166 g/mol. The van der Waals surface area contributed by atoms with E-state index in [1.807, 2.05) is 0 Å². The van der Waals surface area contributed by atoms with Crippen molar-refractivity contribution in [2.24, 2.45) is 11.1 Å². The average Bonchev–Trinajstić information content (AvgIpc) is 1.75. The summed E-state index contributed by atoms with van der Waals surface area (Å²) in [6.07, 6.45) is 1.90. The highest BCUT2D eigenvalue weighted by atomic mass is 32.2. The Bertz CT molecular complexity index is 218. The van der Waals surface area contributed by atoms with E-state index in [-0.39, 0.29) is 17.8 Å². The van der Waals surface area contributed by atoms with E-state index in [4.69, 9.17) is 9.88 Å². The van der Waals surface area contributed by atoms with Crippen LogP contribution >= 0.6 is 0 Å². The van der Waals surface area contributed by atoms with Crippen LogP contribution in [0.5, 0.6) is 0 Å². The zero-order chi connectivity index (χ0) is 8.48. The molecule has 1 aliphatic carbocycles. The van der Waals surface area contributed by atoms with Gasteiger partial charge >= 0.3 is 0 Å². The molecular formula is C6H13NO3S. The molecule has 5 heteroatoms. The predicted molar refractivity (Wildman–Crippen MR) is 41.5 cm³/mol. The van der Waals surface area contributed by atoms with Crippen LogP contribution in [0.2, 0.25) is 0 Å². The Morgan fingerprint density at radius 1 is 1.55 bits per heavy atom. The Kier molecular flexibility index (Phi) is 2.51. The van der Waals surface area contributed by atoms with Crippen LogP contribution in [0.4, 0.5) is 0 Å². The number of hydrogen-bond donors (Lipinski definition) is 1. The van der Waals surface area contributed by atoms with Crippen LogP contribution in [0.1, 0.15) is 12.8 Å². The lowest BCUT2D eigenvalue weighted by Gasteiger charge is -2.33. The number of nitrogens with two attached hydrogens (primary N) is 1. The van der Waals surface area contributed by atoms with Crippen LogP contribution in [-0.2, 0) is 14.8 Å². The van der Waals surface area contributed by atoms with Crippen molar-refractivity contribution in [3.05, 3.63) is 0 Å². The highest BCUT2D eigenvalue weighted by Crippen LogP contribution is 2.29. The zero-order valence-corrected chi connectivity index (χ0v) is 7.30. The van der Waals surface area contributed by atoms with E-state index in [0.717, 1.165) is 12.8 Å². The molecule has 0 bridgehead atoms. The fraction of sp³-hybridized carbons (Fsp3) is 1.00. The van der Waals surface area contributed by atoms with Crippen molar-refractivity contribution in [2.75, 3.05) is 12.9 Å². The summed E-state index contributed by atoms with van der Waals surface area (Å²) >= 11 is 0. The van der Waals surface area contributed by atoms with Gasteiger partial charge in [0.25, 0.3) is 0 Å². The molecule has 0 aliphatic heterocycles. The fourth-order valence-electron chi connectivity index (χ4n) is 1.33. The van der Waals surface area contributed by atoms with E-state index in [0.29, 0.717) is 0 Å². The van der Waals surface area contributed by atoms with Gasteiger partial charge in [-0.1, -0.05) is 0 Å². The van der Waals surface area contributed by atoms with Crippen LogP contribution in [-0.4, -0.2) is 27.4 Å². The molecule has 1 aliphatic rings. The molecule has 0 atom stereocenters. The molecule has 1 saturated carbocycles. The lowest BCUT2D eigenvalue weighted by atomic mass is 9.84. The van der Waals surface area contributed by atoms with E-state index < -0.39 is 10.0 Å². The Hall–Kier alpha value is -0.130. The first-order valence-corrected chi connectivity index (χ1v) is 5.26. The minimum atomic E-state index is -3.27. The first-order valence-electron chi connectivity index (χ1n) is 3.54. The Balaban J connectivity index is 2.24. The standard InChI is InChI=1S/C6H13NO3S/c1-10-6-2-5(3-6)4-11(7,8)9/h5-6H,2-4H2,1H3,(H2,7,8,9). The van der Waals surface area contributed by atoms with Crippen LogP contribution in [0.25, 0.3) is 0 Å². The van der Waals surface area contributed by atoms with Gasteiger partial charge in [-0.2, -0.15) is 0 Å². The van der Waals surface area contributed by atoms with Crippen molar-refractivity contribution >= 4 is 10.0 Å². The van der Waals surface area contributed by atoms with Crippen LogP contribution < -0.4 is 5.14 Å². The topological polar surface area (TPSA) is 69.4 Å². The number of sulfonamides is 1. The molecule has 4 nitrogen and oxygen atoms in total. The van der Waals surface area contributed by atoms with Gasteiger partial charge < -0.3 is 4.74 Å². The number of rotatable bonds is 3. The SMILES string of the molecule is COC1CC(CS(N)(=O)=O)C1. The van der Waals surface area contributed by atoms with E-state index in [9.17, 15) is 8.42 Å². The zero-order valence-electron chi connectivity index (χ0n) is 6.49. The number of ether oxygens (including phenoxy) is 1. The molecule has 0 saturated heterocycles. The molecule has 0 aromatic carbocycles. The Morgan fingerprint density at radius 2 is 2.09 bits per heavy atom.